The van der Waals surface area contributed by atoms with Gasteiger partial charge in [0.25, 0.3) is 0 Å². The molecule has 5 nitrogen and oxygen atoms in total. The molecule has 5 heteroatoms. The van der Waals surface area contributed by atoms with Crippen molar-refractivity contribution in [3.63, 3.8) is 0 Å². The fourth-order valence-electron chi connectivity index (χ4n) is 7.92. The minimum absolute atomic E-state index is 0.565. The summed E-state index contributed by atoms with van der Waals surface area (Å²) < 4.78 is 13.1. The van der Waals surface area contributed by atoms with Crippen LogP contribution in [0.25, 0.3) is 111 Å². The van der Waals surface area contributed by atoms with Crippen LogP contribution in [0, 0.1) is 0 Å². The van der Waals surface area contributed by atoms with E-state index in [4.69, 9.17) is 23.8 Å². The number of hydrogen-bond acceptors (Lipinski definition) is 5. The lowest BCUT2D eigenvalue weighted by atomic mass is 9.95. The van der Waals surface area contributed by atoms with E-state index in [9.17, 15) is 0 Å². The van der Waals surface area contributed by atoms with Gasteiger partial charge in [-0.3, -0.25) is 0 Å². The van der Waals surface area contributed by atoms with Crippen LogP contribution in [0.3, 0.4) is 0 Å². The largest absolute Gasteiger partial charge is 0.456 e. The third-order valence-electron chi connectivity index (χ3n) is 10.5. The number of nitrogens with zero attached hydrogens (tertiary/aromatic N) is 3. The van der Waals surface area contributed by atoms with Crippen molar-refractivity contribution >= 4 is 43.9 Å². The second-order valence-electron chi connectivity index (χ2n) is 13.9. The number of aromatic nitrogens is 3. The zero-order chi connectivity index (χ0) is 37.0. The van der Waals surface area contributed by atoms with Crippen LogP contribution >= 0.6 is 0 Å². The third-order valence-corrected chi connectivity index (χ3v) is 10.5. The normalized spacial score (nSPS) is 11.6. The van der Waals surface area contributed by atoms with Crippen LogP contribution in [-0.2, 0) is 0 Å². The maximum atomic E-state index is 6.80. The molecule has 0 radical (unpaired) electrons. The Labute approximate surface area is 322 Å². The lowest BCUT2D eigenvalue weighted by Gasteiger charge is -2.13. The van der Waals surface area contributed by atoms with E-state index in [1.54, 1.807) is 0 Å². The molecule has 0 amide bonds. The van der Waals surface area contributed by atoms with E-state index in [-0.39, 0.29) is 0 Å². The number of rotatable bonds is 6. The van der Waals surface area contributed by atoms with Crippen LogP contribution in [0.15, 0.2) is 197 Å². The molecule has 0 atom stereocenters. The van der Waals surface area contributed by atoms with Crippen molar-refractivity contribution in [3.8, 4) is 67.5 Å². The van der Waals surface area contributed by atoms with Gasteiger partial charge in [-0.1, -0.05) is 140 Å². The number of fused-ring (bicyclic) bond motifs is 6. The Bertz CT molecular complexity index is 3180. The Kier molecular flexibility index (Phi) is 7.42. The van der Waals surface area contributed by atoms with Crippen LogP contribution in [0.2, 0.25) is 0 Å². The molecule has 0 saturated carbocycles. The summed E-state index contributed by atoms with van der Waals surface area (Å²) in [6.45, 7) is 0. The van der Waals surface area contributed by atoms with Crippen LogP contribution in [0.5, 0.6) is 0 Å². The minimum Gasteiger partial charge on any atom is -0.456 e. The van der Waals surface area contributed by atoms with Gasteiger partial charge in [0.15, 0.2) is 17.5 Å². The van der Waals surface area contributed by atoms with Crippen molar-refractivity contribution in [2.24, 2.45) is 0 Å². The maximum absolute atomic E-state index is 6.80. The van der Waals surface area contributed by atoms with Gasteiger partial charge in [-0.15, -0.1) is 0 Å². The fourth-order valence-corrected chi connectivity index (χ4v) is 7.92. The van der Waals surface area contributed by atoms with Crippen LogP contribution in [0.4, 0.5) is 0 Å². The molecule has 262 valence electrons. The highest BCUT2D eigenvalue weighted by molar-refractivity contribution is 6.20. The zero-order valence-electron chi connectivity index (χ0n) is 30.1. The summed E-state index contributed by atoms with van der Waals surface area (Å²) in [6, 6.07) is 64.4. The summed E-state index contributed by atoms with van der Waals surface area (Å²) in [5, 5.41) is 4.05. The first-order valence-electron chi connectivity index (χ1n) is 18.7. The highest BCUT2D eigenvalue weighted by Gasteiger charge is 2.23. The quantitative estimate of drug-likeness (QED) is 0.171. The molecule has 11 rings (SSSR count). The Balaban J connectivity index is 1.18. The molecule has 3 aromatic heterocycles. The minimum atomic E-state index is 0.565. The molecular formula is C51H31N3O2. The van der Waals surface area contributed by atoms with E-state index in [1.807, 2.05) is 84.9 Å². The molecule has 0 aliphatic carbocycles. The summed E-state index contributed by atoms with van der Waals surface area (Å²) >= 11 is 0. The van der Waals surface area contributed by atoms with Crippen LogP contribution in [-0.4, -0.2) is 15.0 Å². The third kappa shape index (κ3) is 5.37. The van der Waals surface area contributed by atoms with Crippen LogP contribution in [0.1, 0.15) is 0 Å². The molecule has 0 saturated heterocycles. The number of hydrogen-bond donors (Lipinski definition) is 0. The number of para-hydroxylation sites is 2. The zero-order valence-corrected chi connectivity index (χ0v) is 30.1. The molecule has 0 aliphatic rings. The molecule has 8 aromatic carbocycles. The maximum Gasteiger partial charge on any atom is 0.164 e. The molecule has 0 N–H and O–H groups in total. The smallest absolute Gasteiger partial charge is 0.164 e. The van der Waals surface area contributed by atoms with Crippen LogP contribution < -0.4 is 0 Å². The van der Waals surface area contributed by atoms with E-state index in [1.165, 1.54) is 0 Å². The number of furan rings is 2. The van der Waals surface area contributed by atoms with E-state index in [0.29, 0.717) is 17.5 Å². The molecule has 0 spiro atoms. The van der Waals surface area contributed by atoms with Crippen molar-refractivity contribution in [2.45, 2.75) is 0 Å². The van der Waals surface area contributed by atoms with Crippen molar-refractivity contribution < 1.29 is 8.83 Å². The van der Waals surface area contributed by atoms with E-state index < -0.39 is 0 Å². The summed E-state index contributed by atoms with van der Waals surface area (Å²) in [5.74, 6) is 1.75. The summed E-state index contributed by atoms with van der Waals surface area (Å²) in [7, 11) is 0. The van der Waals surface area contributed by atoms with Gasteiger partial charge >= 0.3 is 0 Å². The summed E-state index contributed by atoms with van der Waals surface area (Å²) in [6.07, 6.45) is 0. The highest BCUT2D eigenvalue weighted by Crippen LogP contribution is 2.45. The van der Waals surface area contributed by atoms with E-state index in [0.717, 1.165) is 93.9 Å². The van der Waals surface area contributed by atoms with E-state index in [2.05, 4.69) is 103 Å². The van der Waals surface area contributed by atoms with Gasteiger partial charge in [-0.2, -0.15) is 0 Å². The fraction of sp³-hybridized carbons (Fsp3) is 0. The topological polar surface area (TPSA) is 65.0 Å². The van der Waals surface area contributed by atoms with Gasteiger partial charge in [0.05, 0.1) is 0 Å². The van der Waals surface area contributed by atoms with Crippen molar-refractivity contribution in [1.82, 2.24) is 15.0 Å². The van der Waals surface area contributed by atoms with Gasteiger partial charge in [0.2, 0.25) is 0 Å². The SMILES string of the molecule is c1ccc(-c2cc(-c3ccccc3)cc(-c3nc(-c4ccccc4)nc(-c4ccc(-c5cccc6oc7ccccc7c56)c5oc6ccccc6c45)n3)c2)cc1. The predicted octanol–water partition coefficient (Wildman–Crippen LogP) is 13.7. The Morgan fingerprint density at radius 1 is 0.286 bits per heavy atom. The Morgan fingerprint density at radius 3 is 1.43 bits per heavy atom. The molecule has 0 unspecified atom stereocenters. The molecule has 0 aliphatic heterocycles. The lowest BCUT2D eigenvalue weighted by Crippen LogP contribution is -2.01. The molecule has 56 heavy (non-hydrogen) atoms. The van der Waals surface area contributed by atoms with Gasteiger partial charge < -0.3 is 8.83 Å². The molecule has 0 fully saturated rings. The Hall–Kier alpha value is -7.63. The van der Waals surface area contributed by atoms with Crippen molar-refractivity contribution in [3.05, 3.63) is 188 Å². The van der Waals surface area contributed by atoms with E-state index >= 15 is 0 Å². The highest BCUT2D eigenvalue weighted by atomic mass is 16.3. The standard InChI is InChI=1S/C51H31N3O2/c1-4-15-32(16-5-1)35-29-36(33-17-6-2-7-18-33)31-37(30-35)50-52-49(34-19-8-3-9-20-34)53-51(54-50)42-28-27-39(48-47(42)41-22-11-13-25-44(41)56-48)38-23-14-26-45-46(38)40-21-10-12-24-43(40)55-45/h1-31H. The lowest BCUT2D eigenvalue weighted by molar-refractivity contribution is 0.668. The van der Waals surface area contributed by atoms with Gasteiger partial charge in [0, 0.05) is 43.8 Å². The Morgan fingerprint density at radius 2 is 0.768 bits per heavy atom. The van der Waals surface area contributed by atoms with Crippen molar-refractivity contribution in [1.29, 1.82) is 0 Å². The van der Waals surface area contributed by atoms with Gasteiger partial charge in [0.1, 0.15) is 22.3 Å². The van der Waals surface area contributed by atoms with Crippen molar-refractivity contribution in [2.75, 3.05) is 0 Å². The first-order chi connectivity index (χ1) is 27.7. The number of benzene rings is 8. The second-order valence-corrected chi connectivity index (χ2v) is 13.9. The monoisotopic (exact) mass is 717 g/mol. The summed E-state index contributed by atoms with van der Waals surface area (Å²) in [4.78, 5) is 15.7. The first-order valence-corrected chi connectivity index (χ1v) is 18.7. The second kappa shape index (κ2) is 13.0. The first kappa shape index (κ1) is 31.9. The molecular weight excluding hydrogens is 687 g/mol. The summed E-state index contributed by atoms with van der Waals surface area (Å²) in [5.41, 5.74) is 12.3. The molecule has 0 bridgehead atoms. The average molecular weight is 718 g/mol. The molecule has 11 aromatic rings. The molecule has 3 heterocycles. The van der Waals surface area contributed by atoms with Gasteiger partial charge in [-0.05, 0) is 76.3 Å². The predicted molar refractivity (Wildman–Crippen MR) is 227 cm³/mol. The average Bonchev–Trinajstić information content (AvgIpc) is 3.86. The van der Waals surface area contributed by atoms with Gasteiger partial charge in [-0.25, -0.2) is 15.0 Å².